The summed E-state index contributed by atoms with van der Waals surface area (Å²) in [6, 6.07) is 58.5. The van der Waals surface area contributed by atoms with E-state index in [1.165, 1.54) is 22.1 Å². The number of nitriles is 1. The number of nitrogens with zero attached hydrogens (tertiary/aromatic N) is 3. The Bertz CT molecular complexity index is 2410. The minimum atomic E-state index is 0.594. The van der Waals surface area contributed by atoms with Gasteiger partial charge in [0.15, 0.2) is 5.82 Å². The van der Waals surface area contributed by atoms with Crippen LogP contribution >= 0.6 is 0 Å². The average molecular weight is 586 g/mol. The molecule has 1 aromatic heterocycles. The third-order valence-corrected chi connectivity index (χ3v) is 8.50. The Hall–Kier alpha value is -6.37. The van der Waals surface area contributed by atoms with Crippen LogP contribution in [0.3, 0.4) is 0 Å². The van der Waals surface area contributed by atoms with Crippen LogP contribution in [-0.2, 0) is 0 Å². The van der Waals surface area contributed by atoms with Crippen molar-refractivity contribution in [3.63, 3.8) is 0 Å². The Kier molecular flexibility index (Phi) is 6.87. The number of hydrogen-bond donors (Lipinski definition) is 0. The molecule has 8 aromatic rings. The zero-order valence-corrected chi connectivity index (χ0v) is 24.9. The molecule has 3 heteroatoms. The van der Waals surface area contributed by atoms with Gasteiger partial charge in [-0.1, -0.05) is 146 Å². The van der Waals surface area contributed by atoms with E-state index in [0.29, 0.717) is 11.4 Å². The second-order valence-electron chi connectivity index (χ2n) is 11.3. The molecular weight excluding hydrogens is 558 g/mol. The summed E-state index contributed by atoms with van der Waals surface area (Å²) < 4.78 is 0. The molecule has 46 heavy (non-hydrogen) atoms. The fraction of sp³-hybridized carbons (Fsp3) is 0. The van der Waals surface area contributed by atoms with Crippen LogP contribution in [0.4, 0.5) is 0 Å². The van der Waals surface area contributed by atoms with Gasteiger partial charge in [-0.2, -0.15) is 5.26 Å². The highest BCUT2D eigenvalue weighted by molar-refractivity contribution is 6.24. The molecule has 7 aromatic carbocycles. The van der Waals surface area contributed by atoms with Gasteiger partial charge in [0.1, 0.15) is 0 Å². The van der Waals surface area contributed by atoms with Crippen LogP contribution in [0, 0.1) is 11.3 Å². The Morgan fingerprint density at radius 2 is 0.913 bits per heavy atom. The van der Waals surface area contributed by atoms with E-state index in [9.17, 15) is 5.26 Å². The minimum absolute atomic E-state index is 0.594. The smallest absolute Gasteiger partial charge is 0.161 e. The lowest BCUT2D eigenvalue weighted by Crippen LogP contribution is -1.98. The summed E-state index contributed by atoms with van der Waals surface area (Å²) in [5.41, 5.74) is 9.75. The van der Waals surface area contributed by atoms with Crippen LogP contribution in [0.2, 0.25) is 0 Å². The molecule has 0 spiro atoms. The first-order valence-electron chi connectivity index (χ1n) is 15.3. The van der Waals surface area contributed by atoms with E-state index in [2.05, 4.69) is 121 Å². The average Bonchev–Trinajstić information content (AvgIpc) is 3.15. The first-order chi connectivity index (χ1) is 22.8. The number of aromatic nitrogens is 2. The quantitative estimate of drug-likeness (QED) is 0.189. The molecule has 1 heterocycles. The molecule has 0 aliphatic heterocycles. The molecule has 8 rings (SSSR count). The van der Waals surface area contributed by atoms with E-state index < -0.39 is 0 Å². The molecule has 0 unspecified atom stereocenters. The minimum Gasteiger partial charge on any atom is -0.228 e. The standard InChI is InChI=1S/C43H27N3/c44-28-29-14-12-21-33(26-29)39-27-38(30-15-4-1-5-16-30)45-43(46-39)37-25-13-24-36-41(32-19-8-3-9-20-32)40(31-17-6-2-7-18-31)34-22-10-11-23-35(34)42(36)37/h1-27H. The first-order valence-corrected chi connectivity index (χ1v) is 15.3. The van der Waals surface area contributed by atoms with E-state index in [1.807, 2.05) is 48.5 Å². The molecule has 0 amide bonds. The molecule has 0 radical (unpaired) electrons. The van der Waals surface area contributed by atoms with Gasteiger partial charge in [-0.25, -0.2) is 9.97 Å². The number of benzene rings is 7. The molecule has 0 aliphatic carbocycles. The normalized spacial score (nSPS) is 11.0. The summed E-state index contributed by atoms with van der Waals surface area (Å²) in [5.74, 6) is 0.640. The largest absolute Gasteiger partial charge is 0.228 e. The van der Waals surface area contributed by atoms with E-state index in [0.717, 1.165) is 49.8 Å². The molecule has 214 valence electrons. The Morgan fingerprint density at radius 1 is 0.413 bits per heavy atom. The zero-order chi connectivity index (χ0) is 30.9. The summed E-state index contributed by atoms with van der Waals surface area (Å²) in [5, 5.41) is 14.2. The fourth-order valence-electron chi connectivity index (χ4n) is 6.46. The van der Waals surface area contributed by atoms with Crippen molar-refractivity contribution in [1.82, 2.24) is 9.97 Å². The predicted octanol–water partition coefficient (Wildman–Crippen LogP) is 11.0. The van der Waals surface area contributed by atoms with E-state index in [1.54, 1.807) is 0 Å². The van der Waals surface area contributed by atoms with E-state index in [-0.39, 0.29) is 0 Å². The monoisotopic (exact) mass is 585 g/mol. The van der Waals surface area contributed by atoms with Crippen molar-refractivity contribution >= 4 is 21.5 Å². The highest BCUT2D eigenvalue weighted by Gasteiger charge is 2.21. The lowest BCUT2D eigenvalue weighted by Gasteiger charge is -2.20. The second-order valence-corrected chi connectivity index (χ2v) is 11.3. The van der Waals surface area contributed by atoms with Crippen molar-refractivity contribution in [3.05, 3.63) is 169 Å². The maximum atomic E-state index is 9.64. The molecule has 0 aliphatic rings. The van der Waals surface area contributed by atoms with E-state index >= 15 is 0 Å². The fourth-order valence-corrected chi connectivity index (χ4v) is 6.46. The van der Waals surface area contributed by atoms with Crippen LogP contribution < -0.4 is 0 Å². The van der Waals surface area contributed by atoms with Gasteiger partial charge in [-0.3, -0.25) is 0 Å². The summed E-state index contributed by atoms with van der Waals surface area (Å²) in [6.45, 7) is 0. The van der Waals surface area contributed by atoms with Gasteiger partial charge in [0.25, 0.3) is 0 Å². The summed E-state index contributed by atoms with van der Waals surface area (Å²) >= 11 is 0. The molecule has 0 bridgehead atoms. The molecule has 0 fully saturated rings. The van der Waals surface area contributed by atoms with Crippen molar-refractivity contribution in [2.24, 2.45) is 0 Å². The molecule has 0 N–H and O–H groups in total. The topological polar surface area (TPSA) is 49.6 Å². The van der Waals surface area contributed by atoms with Crippen LogP contribution in [0.5, 0.6) is 0 Å². The molecule has 0 saturated heterocycles. The van der Waals surface area contributed by atoms with Gasteiger partial charge in [0.05, 0.1) is 23.0 Å². The van der Waals surface area contributed by atoms with Gasteiger partial charge in [0, 0.05) is 22.1 Å². The van der Waals surface area contributed by atoms with Gasteiger partial charge >= 0.3 is 0 Å². The third kappa shape index (κ3) is 4.79. The summed E-state index contributed by atoms with van der Waals surface area (Å²) in [4.78, 5) is 10.4. The van der Waals surface area contributed by atoms with Crippen LogP contribution in [0.1, 0.15) is 5.56 Å². The van der Waals surface area contributed by atoms with Crippen molar-refractivity contribution in [2.75, 3.05) is 0 Å². The van der Waals surface area contributed by atoms with Crippen molar-refractivity contribution in [2.45, 2.75) is 0 Å². The Morgan fingerprint density at radius 3 is 1.57 bits per heavy atom. The van der Waals surface area contributed by atoms with Crippen LogP contribution in [0.25, 0.3) is 77.7 Å². The zero-order valence-electron chi connectivity index (χ0n) is 24.9. The highest BCUT2D eigenvalue weighted by atomic mass is 14.9. The van der Waals surface area contributed by atoms with Crippen LogP contribution in [-0.4, -0.2) is 9.97 Å². The summed E-state index contributed by atoms with van der Waals surface area (Å²) in [7, 11) is 0. The first kappa shape index (κ1) is 27.2. The molecular formula is C43H27N3. The summed E-state index contributed by atoms with van der Waals surface area (Å²) in [6.07, 6.45) is 0. The second kappa shape index (κ2) is 11.6. The van der Waals surface area contributed by atoms with Crippen LogP contribution in [0.15, 0.2) is 164 Å². The Balaban J connectivity index is 1.49. The van der Waals surface area contributed by atoms with Crippen molar-refractivity contribution in [3.8, 4) is 62.2 Å². The van der Waals surface area contributed by atoms with Gasteiger partial charge < -0.3 is 0 Å². The van der Waals surface area contributed by atoms with Gasteiger partial charge in [0.2, 0.25) is 0 Å². The number of rotatable bonds is 5. The lowest BCUT2D eigenvalue weighted by atomic mass is 9.83. The van der Waals surface area contributed by atoms with E-state index in [4.69, 9.17) is 9.97 Å². The number of hydrogen-bond acceptors (Lipinski definition) is 3. The van der Waals surface area contributed by atoms with Gasteiger partial charge in [-0.05, 0) is 56.6 Å². The maximum Gasteiger partial charge on any atom is 0.161 e. The van der Waals surface area contributed by atoms with Crippen molar-refractivity contribution in [1.29, 1.82) is 5.26 Å². The number of fused-ring (bicyclic) bond motifs is 3. The Labute approximate surface area is 267 Å². The van der Waals surface area contributed by atoms with Gasteiger partial charge in [-0.15, -0.1) is 0 Å². The SMILES string of the molecule is N#Cc1cccc(-c2cc(-c3ccccc3)nc(-c3cccc4c(-c5ccccc5)c(-c5ccccc5)c5ccccc5c34)n2)c1. The third-order valence-electron chi connectivity index (χ3n) is 8.50. The molecule has 3 nitrogen and oxygen atoms in total. The predicted molar refractivity (Wildman–Crippen MR) is 189 cm³/mol. The maximum absolute atomic E-state index is 9.64. The molecule has 0 atom stereocenters. The lowest BCUT2D eigenvalue weighted by molar-refractivity contribution is 1.19. The highest BCUT2D eigenvalue weighted by Crippen LogP contribution is 2.46. The molecule has 0 saturated carbocycles. The van der Waals surface area contributed by atoms with Crippen molar-refractivity contribution < 1.29 is 0 Å².